The van der Waals surface area contributed by atoms with E-state index < -0.39 is 18.2 Å². The second-order valence-electron chi connectivity index (χ2n) is 10.2. The molecule has 1 N–H and O–H groups in total. The van der Waals surface area contributed by atoms with Crippen molar-refractivity contribution >= 4 is 11.9 Å². The summed E-state index contributed by atoms with van der Waals surface area (Å²) in [5.41, 5.74) is 0.575. The number of para-hydroxylation sites is 1. The van der Waals surface area contributed by atoms with Crippen molar-refractivity contribution in [3.8, 4) is 11.5 Å². The molecule has 34 heavy (non-hydrogen) atoms. The number of hydrogen-bond acceptors (Lipinski definition) is 7. The van der Waals surface area contributed by atoms with Gasteiger partial charge in [-0.3, -0.25) is 4.79 Å². The predicted octanol–water partition coefficient (Wildman–Crippen LogP) is 2.19. The lowest BCUT2D eigenvalue weighted by Gasteiger charge is -2.53. The largest absolute Gasteiger partial charge is 0.488 e. The van der Waals surface area contributed by atoms with Crippen molar-refractivity contribution in [2.75, 3.05) is 53.6 Å². The molecule has 1 aromatic rings. The molecular weight excluding hydrogens is 440 g/mol. The Balaban J connectivity index is 1.46. The van der Waals surface area contributed by atoms with Crippen LogP contribution >= 0.6 is 0 Å². The first kappa shape index (κ1) is 24.8. The van der Waals surface area contributed by atoms with Crippen LogP contribution in [0.5, 0.6) is 11.5 Å². The van der Waals surface area contributed by atoms with Gasteiger partial charge in [-0.05, 0) is 46.9 Å². The van der Waals surface area contributed by atoms with Crippen LogP contribution in [0.4, 0.5) is 0 Å². The molecule has 0 unspecified atom stereocenters. The number of benzene rings is 1. The van der Waals surface area contributed by atoms with E-state index in [0.29, 0.717) is 19.7 Å². The van der Waals surface area contributed by atoms with Crippen LogP contribution in [0.1, 0.15) is 38.4 Å². The van der Waals surface area contributed by atoms with Gasteiger partial charge in [0.25, 0.3) is 0 Å². The van der Waals surface area contributed by atoms with Gasteiger partial charge in [0.05, 0.1) is 12.2 Å². The number of nitrogens with zero attached hydrogens (tertiary/aromatic N) is 2. The van der Waals surface area contributed by atoms with Gasteiger partial charge in [0.2, 0.25) is 5.91 Å². The van der Waals surface area contributed by atoms with Crippen molar-refractivity contribution in [3.05, 3.63) is 23.8 Å². The molecule has 0 aromatic heterocycles. The molecule has 1 amide bonds. The highest BCUT2D eigenvalue weighted by atomic mass is 16.5. The summed E-state index contributed by atoms with van der Waals surface area (Å²) < 4.78 is 24.3. The highest BCUT2D eigenvalue weighted by Crippen LogP contribution is 2.55. The molecule has 3 aliphatic rings. The third kappa shape index (κ3) is 5.31. The molecule has 188 valence electrons. The lowest BCUT2D eigenvalue weighted by Crippen LogP contribution is -2.56. The van der Waals surface area contributed by atoms with Crippen molar-refractivity contribution in [2.24, 2.45) is 11.8 Å². The van der Waals surface area contributed by atoms with Crippen LogP contribution < -0.4 is 9.47 Å². The van der Waals surface area contributed by atoms with Crippen LogP contribution in [-0.2, 0) is 19.1 Å². The molecular formula is C25H36N2O7. The van der Waals surface area contributed by atoms with E-state index in [2.05, 4.69) is 24.8 Å². The van der Waals surface area contributed by atoms with Crippen molar-refractivity contribution in [3.63, 3.8) is 0 Å². The van der Waals surface area contributed by atoms with Crippen LogP contribution in [0.25, 0.3) is 0 Å². The molecule has 0 bridgehead atoms. The van der Waals surface area contributed by atoms with E-state index in [0.717, 1.165) is 36.4 Å². The summed E-state index contributed by atoms with van der Waals surface area (Å²) in [6.45, 7) is 6.06. The number of carboxylic acid groups (broad SMARTS) is 1. The Morgan fingerprint density at radius 3 is 2.79 bits per heavy atom. The molecule has 0 saturated carbocycles. The Hall–Kier alpha value is -2.36. The van der Waals surface area contributed by atoms with Gasteiger partial charge < -0.3 is 33.9 Å². The monoisotopic (exact) mass is 476 g/mol. The van der Waals surface area contributed by atoms with Crippen molar-refractivity contribution < 1.29 is 33.6 Å². The minimum atomic E-state index is -1.08. The van der Waals surface area contributed by atoms with Gasteiger partial charge in [0, 0.05) is 37.0 Å². The topological polar surface area (TPSA) is 97.8 Å². The van der Waals surface area contributed by atoms with Crippen LogP contribution in [0, 0.1) is 11.8 Å². The Kier molecular flexibility index (Phi) is 7.35. The van der Waals surface area contributed by atoms with E-state index >= 15 is 0 Å². The molecule has 0 spiro atoms. The highest BCUT2D eigenvalue weighted by molar-refractivity contribution is 5.78. The first-order chi connectivity index (χ1) is 16.2. The molecule has 4 atom stereocenters. The predicted molar refractivity (Wildman–Crippen MR) is 124 cm³/mol. The second-order valence-corrected chi connectivity index (χ2v) is 10.2. The Morgan fingerprint density at radius 2 is 2.06 bits per heavy atom. The maximum Gasteiger partial charge on any atom is 0.329 e. The number of hydrogen-bond donors (Lipinski definition) is 1. The highest BCUT2D eigenvalue weighted by Gasteiger charge is 2.52. The summed E-state index contributed by atoms with van der Waals surface area (Å²) in [4.78, 5) is 27.0. The molecule has 2 fully saturated rings. The molecule has 3 heterocycles. The molecule has 2 saturated heterocycles. The zero-order chi connectivity index (χ0) is 24.5. The summed E-state index contributed by atoms with van der Waals surface area (Å²) >= 11 is 0. The van der Waals surface area contributed by atoms with E-state index in [1.165, 1.54) is 0 Å². The standard InChI is InChI=1S/C25H36N2O7/c1-25(2)18-12-16-13-27(21(28)14-31-15-22(29)30)9-8-19(16)33-23(18)17-6-5-7-20(24(17)34-25)32-11-10-26(3)4/h5-7,16,18-19,23H,8-15H2,1-4H3,(H,29,30)/t16-,18-,19-,23+/m1/s1. The molecule has 9 nitrogen and oxygen atoms in total. The van der Waals surface area contributed by atoms with Crippen LogP contribution in [0.3, 0.4) is 0 Å². The normalized spacial score (nSPS) is 27.3. The number of carbonyl (C=O) groups excluding carboxylic acids is 1. The maximum atomic E-state index is 12.5. The number of fused-ring (bicyclic) bond motifs is 4. The molecule has 1 aromatic carbocycles. The smallest absolute Gasteiger partial charge is 0.329 e. The van der Waals surface area contributed by atoms with Crippen molar-refractivity contribution in [2.45, 2.75) is 44.5 Å². The van der Waals surface area contributed by atoms with Gasteiger partial charge in [-0.2, -0.15) is 0 Å². The van der Waals surface area contributed by atoms with E-state index in [4.69, 9.17) is 24.1 Å². The van der Waals surface area contributed by atoms with E-state index in [1.807, 2.05) is 26.2 Å². The lowest BCUT2D eigenvalue weighted by molar-refractivity contribution is -0.189. The maximum absolute atomic E-state index is 12.5. The number of likely N-dealkylation sites (N-methyl/N-ethyl adjacent to an activating group) is 1. The van der Waals surface area contributed by atoms with Gasteiger partial charge in [0.15, 0.2) is 11.5 Å². The molecule has 0 radical (unpaired) electrons. The van der Waals surface area contributed by atoms with Gasteiger partial charge in [-0.1, -0.05) is 12.1 Å². The summed E-state index contributed by atoms with van der Waals surface area (Å²) in [7, 11) is 4.03. The number of rotatable bonds is 8. The number of ether oxygens (including phenoxy) is 4. The SMILES string of the molecule is CN(C)CCOc1cccc2c1OC(C)(C)[C@@H]1C[C@@H]3CN(C(=O)COCC(=O)O)CC[C@H]3O[C@@H]21. The first-order valence-electron chi connectivity index (χ1n) is 12.0. The minimum absolute atomic E-state index is 0.0605. The summed E-state index contributed by atoms with van der Waals surface area (Å²) in [6.07, 6.45) is 1.60. The van der Waals surface area contributed by atoms with Crippen LogP contribution in [-0.4, -0.2) is 92.0 Å². The second kappa shape index (κ2) is 10.1. The van der Waals surface area contributed by atoms with E-state index in [1.54, 1.807) is 4.90 Å². The summed E-state index contributed by atoms with van der Waals surface area (Å²) in [6, 6.07) is 6.02. The first-order valence-corrected chi connectivity index (χ1v) is 12.0. The minimum Gasteiger partial charge on any atom is -0.488 e. The fourth-order valence-electron chi connectivity index (χ4n) is 5.29. The number of likely N-dealkylation sites (tertiary alicyclic amines) is 1. The zero-order valence-corrected chi connectivity index (χ0v) is 20.5. The Morgan fingerprint density at radius 1 is 1.26 bits per heavy atom. The third-order valence-electron chi connectivity index (χ3n) is 7.08. The van der Waals surface area contributed by atoms with Crippen LogP contribution in [0.2, 0.25) is 0 Å². The fourth-order valence-corrected chi connectivity index (χ4v) is 5.29. The van der Waals surface area contributed by atoms with Gasteiger partial charge >= 0.3 is 5.97 Å². The quantitative estimate of drug-likeness (QED) is 0.610. The summed E-state index contributed by atoms with van der Waals surface area (Å²) in [5.74, 6) is 0.599. The van der Waals surface area contributed by atoms with Gasteiger partial charge in [-0.15, -0.1) is 0 Å². The van der Waals surface area contributed by atoms with E-state index in [-0.39, 0.29) is 36.6 Å². The number of carboxylic acids is 1. The molecule has 9 heteroatoms. The lowest BCUT2D eigenvalue weighted by atomic mass is 9.70. The average molecular weight is 477 g/mol. The van der Waals surface area contributed by atoms with Crippen molar-refractivity contribution in [1.29, 1.82) is 0 Å². The Labute approximate surface area is 200 Å². The fraction of sp³-hybridized carbons (Fsp3) is 0.680. The van der Waals surface area contributed by atoms with E-state index in [9.17, 15) is 9.59 Å². The number of piperidine rings is 1. The van der Waals surface area contributed by atoms with Crippen LogP contribution in [0.15, 0.2) is 18.2 Å². The average Bonchev–Trinajstić information content (AvgIpc) is 2.77. The number of amides is 1. The third-order valence-corrected chi connectivity index (χ3v) is 7.08. The molecule has 4 rings (SSSR count). The number of carbonyl (C=O) groups is 2. The molecule has 0 aliphatic carbocycles. The van der Waals surface area contributed by atoms with Gasteiger partial charge in [-0.25, -0.2) is 4.79 Å². The zero-order valence-electron chi connectivity index (χ0n) is 20.5. The summed E-state index contributed by atoms with van der Waals surface area (Å²) in [5, 5.41) is 8.71. The Bertz CT molecular complexity index is 903. The number of aliphatic carboxylic acids is 1. The van der Waals surface area contributed by atoms with Gasteiger partial charge in [0.1, 0.15) is 25.4 Å². The van der Waals surface area contributed by atoms with Crippen molar-refractivity contribution in [1.82, 2.24) is 9.80 Å². The molecule has 3 aliphatic heterocycles.